The minimum atomic E-state index is -3.77. The van der Waals surface area contributed by atoms with Crippen LogP contribution >= 0.6 is 0 Å². The predicted octanol–water partition coefficient (Wildman–Crippen LogP) is 3.83. The van der Waals surface area contributed by atoms with Crippen LogP contribution in [0.3, 0.4) is 0 Å². The van der Waals surface area contributed by atoms with Crippen molar-refractivity contribution < 1.29 is 17.9 Å². The molecule has 0 amide bonds. The Hall–Kier alpha value is -2.05. The van der Waals surface area contributed by atoms with Crippen molar-refractivity contribution in [3.63, 3.8) is 0 Å². The maximum absolute atomic E-state index is 12.9. The molecule has 2 aromatic rings. The molecule has 6 heteroatoms. The van der Waals surface area contributed by atoms with E-state index in [9.17, 15) is 8.42 Å². The van der Waals surface area contributed by atoms with Gasteiger partial charge < -0.3 is 9.47 Å². The van der Waals surface area contributed by atoms with Crippen LogP contribution in [0.15, 0.2) is 47.4 Å². The standard InChI is InChI=1S/C19H25NO4S/c1-5-23-17-13-19(18(24-6-2)12-14(17)3)25(21,22)20-15(4)16-10-8-7-9-11-16/h7-13,15,20H,5-6H2,1-4H3/t15-/m1/s1. The van der Waals surface area contributed by atoms with Crippen molar-refractivity contribution >= 4 is 10.0 Å². The molecule has 25 heavy (non-hydrogen) atoms. The van der Waals surface area contributed by atoms with E-state index in [1.807, 2.05) is 58.0 Å². The fourth-order valence-corrected chi connectivity index (χ4v) is 3.91. The van der Waals surface area contributed by atoms with Gasteiger partial charge in [-0.05, 0) is 44.9 Å². The molecule has 0 saturated carbocycles. The van der Waals surface area contributed by atoms with Gasteiger partial charge in [0.05, 0.1) is 13.2 Å². The van der Waals surface area contributed by atoms with Gasteiger partial charge in [-0.3, -0.25) is 0 Å². The summed E-state index contributed by atoms with van der Waals surface area (Å²) in [4.78, 5) is 0.0891. The van der Waals surface area contributed by atoms with Crippen LogP contribution in [0.1, 0.15) is 37.9 Å². The number of hydrogen-bond donors (Lipinski definition) is 1. The van der Waals surface area contributed by atoms with Gasteiger partial charge in [0, 0.05) is 12.1 Å². The zero-order valence-electron chi connectivity index (χ0n) is 15.1. The molecule has 0 unspecified atom stereocenters. The average molecular weight is 363 g/mol. The first kappa shape index (κ1) is 19.3. The van der Waals surface area contributed by atoms with Crippen molar-refractivity contribution in [1.29, 1.82) is 0 Å². The molecular weight excluding hydrogens is 338 g/mol. The number of nitrogens with one attached hydrogen (secondary N) is 1. The van der Waals surface area contributed by atoms with E-state index in [-0.39, 0.29) is 10.9 Å². The van der Waals surface area contributed by atoms with Gasteiger partial charge in [0.15, 0.2) is 0 Å². The Morgan fingerprint density at radius 3 is 2.20 bits per heavy atom. The predicted molar refractivity (Wildman–Crippen MR) is 98.7 cm³/mol. The van der Waals surface area contributed by atoms with Crippen molar-refractivity contribution in [3.05, 3.63) is 53.6 Å². The summed E-state index contributed by atoms with van der Waals surface area (Å²) in [5, 5.41) is 0. The lowest BCUT2D eigenvalue weighted by molar-refractivity contribution is 0.320. The Morgan fingerprint density at radius 1 is 1.00 bits per heavy atom. The van der Waals surface area contributed by atoms with Crippen LogP contribution in [0.2, 0.25) is 0 Å². The van der Waals surface area contributed by atoms with E-state index in [2.05, 4.69) is 4.72 Å². The first-order chi connectivity index (χ1) is 11.9. The van der Waals surface area contributed by atoms with E-state index < -0.39 is 10.0 Å². The van der Waals surface area contributed by atoms with Crippen LogP contribution in [0.5, 0.6) is 11.5 Å². The molecule has 0 aromatic heterocycles. The third-order valence-electron chi connectivity index (χ3n) is 3.76. The molecule has 5 nitrogen and oxygen atoms in total. The van der Waals surface area contributed by atoms with Gasteiger partial charge in [-0.15, -0.1) is 0 Å². The van der Waals surface area contributed by atoms with E-state index in [1.165, 1.54) is 6.07 Å². The number of rotatable bonds is 8. The fourth-order valence-electron chi connectivity index (χ4n) is 2.54. The van der Waals surface area contributed by atoms with Gasteiger partial charge in [0.2, 0.25) is 10.0 Å². The number of ether oxygens (including phenoxy) is 2. The molecule has 0 aliphatic carbocycles. The second-order valence-electron chi connectivity index (χ2n) is 5.68. The Morgan fingerprint density at radius 2 is 1.60 bits per heavy atom. The average Bonchev–Trinajstić information content (AvgIpc) is 2.58. The number of sulfonamides is 1. The number of benzene rings is 2. The van der Waals surface area contributed by atoms with E-state index in [0.29, 0.717) is 24.7 Å². The number of hydrogen-bond acceptors (Lipinski definition) is 4. The molecule has 2 rings (SSSR count). The Bertz CT molecular complexity index is 804. The van der Waals surface area contributed by atoms with Gasteiger partial charge in [-0.1, -0.05) is 30.3 Å². The molecule has 0 saturated heterocycles. The van der Waals surface area contributed by atoms with Crippen molar-refractivity contribution in [2.24, 2.45) is 0 Å². The summed E-state index contributed by atoms with van der Waals surface area (Å²) in [6, 6.07) is 12.3. The summed E-state index contributed by atoms with van der Waals surface area (Å²) in [5.74, 6) is 0.870. The summed E-state index contributed by atoms with van der Waals surface area (Å²) in [7, 11) is -3.77. The lowest BCUT2D eigenvalue weighted by Crippen LogP contribution is -2.27. The summed E-state index contributed by atoms with van der Waals surface area (Å²) in [6.07, 6.45) is 0. The normalized spacial score (nSPS) is 12.6. The van der Waals surface area contributed by atoms with Crippen LogP contribution in [0, 0.1) is 6.92 Å². The highest BCUT2D eigenvalue weighted by Gasteiger charge is 2.24. The summed E-state index contributed by atoms with van der Waals surface area (Å²) < 4.78 is 39.7. The highest BCUT2D eigenvalue weighted by molar-refractivity contribution is 7.89. The third kappa shape index (κ3) is 4.74. The molecule has 0 aliphatic rings. The molecule has 1 atom stereocenters. The van der Waals surface area contributed by atoms with Crippen molar-refractivity contribution in [1.82, 2.24) is 4.72 Å². The van der Waals surface area contributed by atoms with E-state index >= 15 is 0 Å². The van der Waals surface area contributed by atoms with Gasteiger partial charge in [0.25, 0.3) is 0 Å². The second-order valence-corrected chi connectivity index (χ2v) is 7.37. The minimum Gasteiger partial charge on any atom is -0.494 e. The van der Waals surface area contributed by atoms with Crippen LogP contribution < -0.4 is 14.2 Å². The first-order valence-corrected chi connectivity index (χ1v) is 9.84. The van der Waals surface area contributed by atoms with Crippen LogP contribution in [-0.2, 0) is 10.0 Å². The topological polar surface area (TPSA) is 64.6 Å². The SMILES string of the molecule is CCOc1cc(S(=O)(=O)N[C@H](C)c2ccccc2)c(OCC)cc1C. The number of aryl methyl sites for hydroxylation is 1. The van der Waals surface area contributed by atoms with Gasteiger partial charge in [-0.2, -0.15) is 0 Å². The van der Waals surface area contributed by atoms with Crippen LogP contribution in [0.4, 0.5) is 0 Å². The lowest BCUT2D eigenvalue weighted by Gasteiger charge is -2.18. The monoisotopic (exact) mass is 363 g/mol. The van der Waals surface area contributed by atoms with Crippen molar-refractivity contribution in [2.45, 2.75) is 38.6 Å². The summed E-state index contributed by atoms with van der Waals surface area (Å²) in [5.41, 5.74) is 1.72. The van der Waals surface area contributed by atoms with Crippen LogP contribution in [0.25, 0.3) is 0 Å². The minimum absolute atomic E-state index is 0.0891. The Kier molecular flexibility index (Phi) is 6.45. The molecule has 0 heterocycles. The summed E-state index contributed by atoms with van der Waals surface area (Å²) in [6.45, 7) is 8.20. The first-order valence-electron chi connectivity index (χ1n) is 8.36. The van der Waals surface area contributed by atoms with Crippen molar-refractivity contribution in [3.8, 4) is 11.5 Å². The Balaban J connectivity index is 2.41. The largest absolute Gasteiger partial charge is 0.494 e. The van der Waals surface area contributed by atoms with E-state index in [4.69, 9.17) is 9.47 Å². The zero-order chi connectivity index (χ0) is 18.4. The highest BCUT2D eigenvalue weighted by Crippen LogP contribution is 2.32. The van der Waals surface area contributed by atoms with Gasteiger partial charge >= 0.3 is 0 Å². The molecule has 0 spiro atoms. The molecule has 136 valence electrons. The maximum atomic E-state index is 12.9. The van der Waals surface area contributed by atoms with Gasteiger partial charge in [0.1, 0.15) is 16.4 Å². The maximum Gasteiger partial charge on any atom is 0.244 e. The lowest BCUT2D eigenvalue weighted by atomic mass is 10.1. The van der Waals surface area contributed by atoms with Crippen molar-refractivity contribution in [2.75, 3.05) is 13.2 Å². The fraction of sp³-hybridized carbons (Fsp3) is 0.368. The summed E-state index contributed by atoms with van der Waals surface area (Å²) >= 11 is 0. The van der Waals surface area contributed by atoms with E-state index in [0.717, 1.165) is 11.1 Å². The Labute approximate surface area is 150 Å². The van der Waals surface area contributed by atoms with E-state index in [1.54, 1.807) is 6.07 Å². The highest BCUT2D eigenvalue weighted by atomic mass is 32.2. The molecule has 0 fully saturated rings. The molecule has 0 bridgehead atoms. The molecule has 0 radical (unpaired) electrons. The molecule has 1 N–H and O–H groups in total. The zero-order valence-corrected chi connectivity index (χ0v) is 15.9. The van der Waals surface area contributed by atoms with Gasteiger partial charge in [-0.25, -0.2) is 13.1 Å². The smallest absolute Gasteiger partial charge is 0.244 e. The van der Waals surface area contributed by atoms with Crippen LogP contribution in [-0.4, -0.2) is 21.6 Å². The molecular formula is C19H25NO4S. The quantitative estimate of drug-likeness (QED) is 0.774. The second kappa shape index (κ2) is 8.36. The molecule has 2 aromatic carbocycles. The third-order valence-corrected chi connectivity index (χ3v) is 5.32. The molecule has 0 aliphatic heterocycles.